The number of rotatable bonds is 6. The van der Waals surface area contributed by atoms with Crippen molar-refractivity contribution in [1.29, 1.82) is 0 Å². The number of nitrogen functional groups attached to an aromatic ring is 1. The van der Waals surface area contributed by atoms with Crippen molar-refractivity contribution < 1.29 is 18.8 Å². The van der Waals surface area contributed by atoms with Crippen molar-refractivity contribution in [3.8, 4) is 0 Å². The van der Waals surface area contributed by atoms with E-state index in [2.05, 4.69) is 46.3 Å². The Morgan fingerprint density at radius 1 is 1.54 bits per heavy atom. The summed E-state index contributed by atoms with van der Waals surface area (Å²) in [6, 6.07) is 4.17. The Balaban J connectivity index is 1.82. The van der Waals surface area contributed by atoms with Crippen molar-refractivity contribution in [2.45, 2.75) is 6.61 Å². The molecule has 0 spiro atoms. The fourth-order valence-electron chi connectivity index (χ4n) is 2.10. The third-order valence-electron chi connectivity index (χ3n) is 3.51. The lowest BCUT2D eigenvalue weighted by Gasteiger charge is -2.08. The van der Waals surface area contributed by atoms with Crippen molar-refractivity contribution in [3.63, 3.8) is 0 Å². The van der Waals surface area contributed by atoms with Gasteiger partial charge in [-0.05, 0) is 49.4 Å². The van der Waals surface area contributed by atoms with Crippen LogP contribution in [0.25, 0.3) is 0 Å². The Labute approximate surface area is 164 Å². The number of nitrogens with one attached hydrogen (secondary N) is 1. The summed E-state index contributed by atoms with van der Waals surface area (Å²) in [5, 5.41) is 24.7. The second-order valence-corrected chi connectivity index (χ2v) is 6.19. The molecule has 0 fully saturated rings. The lowest BCUT2D eigenvalue weighted by Crippen LogP contribution is -2.17. The summed E-state index contributed by atoms with van der Waals surface area (Å²) in [4.78, 5) is 19.2. The van der Waals surface area contributed by atoms with E-state index >= 15 is 0 Å². The van der Waals surface area contributed by atoms with Gasteiger partial charge in [0.05, 0.1) is 11.5 Å². The first-order valence-electron chi connectivity index (χ1n) is 7.52. The number of halogens is 2. The van der Waals surface area contributed by atoms with Crippen LogP contribution in [0.2, 0.25) is 0 Å². The second-order valence-electron chi connectivity index (χ2n) is 5.33. The van der Waals surface area contributed by atoms with Gasteiger partial charge in [0.2, 0.25) is 5.84 Å². The fourth-order valence-corrected chi connectivity index (χ4v) is 2.47. The zero-order chi connectivity index (χ0) is 20.3. The molecule has 0 aliphatic carbocycles. The van der Waals surface area contributed by atoms with Gasteiger partial charge < -0.3 is 26.0 Å². The average Bonchev–Trinajstić information content (AvgIpc) is 3.23. The van der Waals surface area contributed by atoms with Crippen LogP contribution in [0, 0.1) is 15.9 Å². The van der Waals surface area contributed by atoms with Crippen LogP contribution in [0.1, 0.15) is 11.4 Å². The van der Waals surface area contributed by atoms with Gasteiger partial charge in [-0.1, -0.05) is 10.1 Å². The second kappa shape index (κ2) is 7.99. The molecule has 0 saturated carbocycles. The number of imidazole rings is 1. The van der Waals surface area contributed by atoms with Gasteiger partial charge in [-0.2, -0.15) is 0 Å². The SMILES string of the molecule is Cn1c(CO/N=C(\Nc2ccc(F)c(Br)c2)c2nonc2N)cnc1[N+](=O)[O-]. The monoisotopic (exact) mass is 454 g/mol. The molecule has 3 aromatic rings. The zero-order valence-corrected chi connectivity index (χ0v) is 15.8. The minimum Gasteiger partial charge on any atom is -0.390 e. The van der Waals surface area contributed by atoms with E-state index in [4.69, 9.17) is 10.6 Å². The maximum absolute atomic E-state index is 13.4. The molecule has 12 nitrogen and oxygen atoms in total. The lowest BCUT2D eigenvalue weighted by molar-refractivity contribution is -0.396. The first-order valence-corrected chi connectivity index (χ1v) is 8.31. The van der Waals surface area contributed by atoms with Crippen molar-refractivity contribution >= 4 is 39.2 Å². The summed E-state index contributed by atoms with van der Waals surface area (Å²) < 4.78 is 19.5. The molecule has 0 bridgehead atoms. The largest absolute Gasteiger partial charge is 0.434 e. The number of anilines is 2. The Morgan fingerprint density at radius 3 is 2.93 bits per heavy atom. The van der Waals surface area contributed by atoms with Gasteiger partial charge in [0.1, 0.15) is 12.0 Å². The predicted molar refractivity (Wildman–Crippen MR) is 97.6 cm³/mol. The molecule has 2 heterocycles. The van der Waals surface area contributed by atoms with E-state index in [1.54, 1.807) is 0 Å². The normalized spacial score (nSPS) is 11.5. The third kappa shape index (κ3) is 4.06. The van der Waals surface area contributed by atoms with Gasteiger partial charge in [0, 0.05) is 5.69 Å². The molecule has 3 rings (SSSR count). The smallest absolute Gasteiger partial charge is 0.390 e. The van der Waals surface area contributed by atoms with Gasteiger partial charge in [-0.3, -0.25) is 0 Å². The van der Waals surface area contributed by atoms with Crippen LogP contribution >= 0.6 is 15.9 Å². The number of nitrogens with zero attached hydrogens (tertiary/aromatic N) is 6. The minimum absolute atomic E-state index is 0.0360. The molecule has 0 atom stereocenters. The predicted octanol–water partition coefficient (Wildman–Crippen LogP) is 2.19. The van der Waals surface area contributed by atoms with Crippen molar-refractivity contribution in [3.05, 3.63) is 56.2 Å². The van der Waals surface area contributed by atoms with E-state index in [9.17, 15) is 14.5 Å². The molecule has 1 aromatic carbocycles. The van der Waals surface area contributed by atoms with E-state index in [0.717, 1.165) is 0 Å². The summed E-state index contributed by atoms with van der Waals surface area (Å²) in [5.41, 5.74) is 6.62. The Morgan fingerprint density at radius 2 is 2.32 bits per heavy atom. The minimum atomic E-state index is -0.617. The number of hydrogen-bond acceptors (Lipinski definition) is 9. The Hall–Kier alpha value is -3.55. The molecule has 146 valence electrons. The van der Waals surface area contributed by atoms with E-state index in [1.807, 2.05) is 0 Å². The first kappa shape index (κ1) is 19.2. The van der Waals surface area contributed by atoms with E-state index in [0.29, 0.717) is 11.4 Å². The highest BCUT2D eigenvalue weighted by Gasteiger charge is 2.19. The molecular weight excluding hydrogens is 443 g/mol. The topological polar surface area (TPSA) is 160 Å². The molecule has 0 amide bonds. The highest BCUT2D eigenvalue weighted by Crippen LogP contribution is 2.21. The van der Waals surface area contributed by atoms with Crippen molar-refractivity contribution in [1.82, 2.24) is 19.9 Å². The molecule has 2 aromatic heterocycles. The number of aromatic nitrogens is 4. The summed E-state index contributed by atoms with van der Waals surface area (Å²) in [7, 11) is 1.47. The summed E-state index contributed by atoms with van der Waals surface area (Å²) in [6.45, 7) is -0.124. The Bertz CT molecular complexity index is 1050. The maximum atomic E-state index is 13.4. The molecule has 0 aliphatic rings. The standard InChI is InChI=1S/C14H12BrFN8O4/c1-23-8(5-18-14(23)24(25)26)6-27-22-13(11-12(17)21-28-20-11)19-7-2-3-10(16)9(15)4-7/h2-5H,6H2,1H3,(H2,17,21)(H,19,22). The van der Waals surface area contributed by atoms with Crippen LogP contribution in [0.15, 0.2) is 38.7 Å². The Kier molecular flexibility index (Phi) is 5.49. The summed E-state index contributed by atoms with van der Waals surface area (Å²) in [5.74, 6) is -0.788. The molecule has 0 radical (unpaired) electrons. The van der Waals surface area contributed by atoms with Crippen LogP contribution in [0.3, 0.4) is 0 Å². The number of oxime groups is 1. The summed E-state index contributed by atoms with van der Waals surface area (Å²) in [6.07, 6.45) is 1.30. The first-order chi connectivity index (χ1) is 13.4. The van der Waals surface area contributed by atoms with Gasteiger partial charge in [-0.15, -0.1) is 0 Å². The average molecular weight is 455 g/mol. The van der Waals surface area contributed by atoms with Crippen LogP contribution in [0.4, 0.5) is 21.8 Å². The van der Waals surface area contributed by atoms with Crippen LogP contribution < -0.4 is 11.1 Å². The van der Waals surface area contributed by atoms with Gasteiger partial charge >= 0.3 is 5.95 Å². The molecule has 28 heavy (non-hydrogen) atoms. The molecule has 0 unspecified atom stereocenters. The number of nitro groups is 1. The number of amidine groups is 1. The van der Waals surface area contributed by atoms with Gasteiger partial charge in [-0.25, -0.2) is 13.6 Å². The van der Waals surface area contributed by atoms with Crippen molar-refractivity contribution in [2.24, 2.45) is 12.2 Å². The third-order valence-corrected chi connectivity index (χ3v) is 4.12. The van der Waals surface area contributed by atoms with Crippen LogP contribution in [0.5, 0.6) is 0 Å². The highest BCUT2D eigenvalue weighted by molar-refractivity contribution is 9.10. The molecule has 14 heteroatoms. The lowest BCUT2D eigenvalue weighted by atomic mass is 10.3. The van der Waals surface area contributed by atoms with E-state index in [1.165, 1.54) is 36.0 Å². The molecular formula is C14H12BrFN8O4. The molecule has 0 aliphatic heterocycles. The fraction of sp³-hybridized carbons (Fsp3) is 0.143. The van der Waals surface area contributed by atoms with E-state index < -0.39 is 10.7 Å². The van der Waals surface area contributed by atoms with Gasteiger partial charge in [0.25, 0.3) is 0 Å². The summed E-state index contributed by atoms with van der Waals surface area (Å²) >= 11 is 3.08. The molecule has 0 saturated heterocycles. The van der Waals surface area contributed by atoms with Gasteiger partial charge in [0.15, 0.2) is 23.8 Å². The van der Waals surface area contributed by atoms with Crippen LogP contribution in [-0.4, -0.2) is 30.6 Å². The quantitative estimate of drug-likeness (QED) is 0.246. The maximum Gasteiger partial charge on any atom is 0.434 e. The number of hydrogen-bond donors (Lipinski definition) is 2. The zero-order valence-electron chi connectivity index (χ0n) is 14.2. The highest BCUT2D eigenvalue weighted by atomic mass is 79.9. The number of benzene rings is 1. The van der Waals surface area contributed by atoms with Crippen molar-refractivity contribution in [2.75, 3.05) is 11.1 Å². The number of nitrogens with two attached hydrogens (primary N) is 1. The molecule has 3 N–H and O–H groups in total. The van der Waals surface area contributed by atoms with Crippen LogP contribution in [-0.2, 0) is 18.5 Å². The van der Waals surface area contributed by atoms with E-state index in [-0.39, 0.29) is 34.4 Å².